The summed E-state index contributed by atoms with van der Waals surface area (Å²) in [4.78, 5) is 4.04. The normalized spacial score (nSPS) is 10.6. The molecule has 2 N–H and O–H groups in total. The van der Waals surface area contributed by atoms with E-state index in [1.165, 1.54) is 0 Å². The van der Waals surface area contributed by atoms with Crippen LogP contribution in [0.25, 0.3) is 11.4 Å². The van der Waals surface area contributed by atoms with Gasteiger partial charge in [0, 0.05) is 28.0 Å². The molecule has 1 aromatic carbocycles. The molecule has 2 heterocycles. The minimum Gasteiger partial charge on any atom is -0.493 e. The number of benzene rings is 1. The highest BCUT2D eigenvalue weighted by Crippen LogP contribution is 2.35. The van der Waals surface area contributed by atoms with Crippen LogP contribution in [-0.2, 0) is 6.54 Å². The van der Waals surface area contributed by atoms with E-state index in [1.807, 2.05) is 24.3 Å². The minimum absolute atomic E-state index is 0.472. The van der Waals surface area contributed by atoms with Gasteiger partial charge in [-0.05, 0) is 42.9 Å². The zero-order valence-electron chi connectivity index (χ0n) is 15.0. The smallest absolute Gasteiger partial charge is 0.214 e. The molecule has 0 fully saturated rings. The van der Waals surface area contributed by atoms with Crippen molar-refractivity contribution in [3.05, 3.63) is 51.5 Å². The van der Waals surface area contributed by atoms with Gasteiger partial charge in [-0.15, -0.1) is 0 Å². The Morgan fingerprint density at radius 2 is 2.07 bits per heavy atom. The SMILES string of the molecule is CCCOc1c(CNn2c(-c3ccncc3)n[nH]c2=S)cc(Br)cc1OC. The number of ether oxygens (including phenoxy) is 2. The Hall–Kier alpha value is -2.39. The molecule has 0 spiro atoms. The van der Waals surface area contributed by atoms with Crippen molar-refractivity contribution in [3.8, 4) is 22.9 Å². The van der Waals surface area contributed by atoms with Crippen molar-refractivity contribution in [2.24, 2.45) is 0 Å². The van der Waals surface area contributed by atoms with Crippen molar-refractivity contribution in [2.75, 3.05) is 19.1 Å². The first-order valence-corrected chi connectivity index (χ1v) is 9.65. The van der Waals surface area contributed by atoms with Crippen LogP contribution in [0.3, 0.4) is 0 Å². The van der Waals surface area contributed by atoms with E-state index in [0.717, 1.165) is 27.8 Å². The largest absolute Gasteiger partial charge is 0.493 e. The second-order valence-corrected chi connectivity index (χ2v) is 7.01. The van der Waals surface area contributed by atoms with Crippen LogP contribution in [0.5, 0.6) is 11.5 Å². The molecule has 0 saturated carbocycles. The molecule has 0 bridgehead atoms. The Morgan fingerprint density at radius 3 is 2.78 bits per heavy atom. The van der Waals surface area contributed by atoms with E-state index in [1.54, 1.807) is 24.2 Å². The third-order valence-corrected chi connectivity index (χ3v) is 4.54. The Kier molecular flexibility index (Phi) is 6.46. The number of hydrogen-bond acceptors (Lipinski definition) is 6. The topological polar surface area (TPSA) is 77.0 Å². The zero-order valence-corrected chi connectivity index (χ0v) is 17.4. The predicted molar refractivity (Wildman–Crippen MR) is 110 cm³/mol. The maximum Gasteiger partial charge on any atom is 0.214 e. The number of H-pyrrole nitrogens is 1. The Morgan fingerprint density at radius 1 is 1.30 bits per heavy atom. The summed E-state index contributed by atoms with van der Waals surface area (Å²) >= 11 is 8.89. The molecule has 0 aliphatic rings. The molecule has 3 rings (SSSR count). The third-order valence-electron chi connectivity index (χ3n) is 3.81. The lowest BCUT2D eigenvalue weighted by molar-refractivity contribution is 0.291. The molecule has 0 aliphatic carbocycles. The fourth-order valence-electron chi connectivity index (χ4n) is 2.58. The quantitative estimate of drug-likeness (QED) is 0.499. The molecular formula is C18H20BrN5O2S. The number of aromatic amines is 1. The predicted octanol–water partition coefficient (Wildman–Crippen LogP) is 4.31. The van der Waals surface area contributed by atoms with Crippen molar-refractivity contribution in [3.63, 3.8) is 0 Å². The summed E-state index contributed by atoms with van der Waals surface area (Å²) in [6, 6.07) is 7.64. The van der Waals surface area contributed by atoms with Gasteiger partial charge in [0.25, 0.3) is 0 Å². The zero-order chi connectivity index (χ0) is 19.2. The van der Waals surface area contributed by atoms with Gasteiger partial charge in [-0.3, -0.25) is 4.98 Å². The van der Waals surface area contributed by atoms with Crippen LogP contribution in [0.1, 0.15) is 18.9 Å². The lowest BCUT2D eigenvalue weighted by Gasteiger charge is -2.17. The number of pyridine rings is 1. The van der Waals surface area contributed by atoms with Gasteiger partial charge in [0.05, 0.1) is 20.3 Å². The van der Waals surface area contributed by atoms with E-state index in [-0.39, 0.29) is 0 Å². The number of nitrogens with one attached hydrogen (secondary N) is 2. The lowest BCUT2D eigenvalue weighted by atomic mass is 10.2. The van der Waals surface area contributed by atoms with Gasteiger partial charge in [0.15, 0.2) is 17.3 Å². The van der Waals surface area contributed by atoms with E-state index in [0.29, 0.717) is 29.5 Å². The number of nitrogens with zero attached hydrogens (tertiary/aromatic N) is 3. The number of hydrogen-bond donors (Lipinski definition) is 2. The average Bonchev–Trinajstić information content (AvgIpc) is 3.06. The van der Waals surface area contributed by atoms with Gasteiger partial charge >= 0.3 is 0 Å². The van der Waals surface area contributed by atoms with Crippen LogP contribution >= 0.6 is 28.1 Å². The summed E-state index contributed by atoms with van der Waals surface area (Å²) in [5.74, 6) is 2.08. The van der Waals surface area contributed by atoms with E-state index in [9.17, 15) is 0 Å². The summed E-state index contributed by atoms with van der Waals surface area (Å²) in [6.07, 6.45) is 4.34. The van der Waals surface area contributed by atoms with E-state index < -0.39 is 0 Å². The van der Waals surface area contributed by atoms with Crippen LogP contribution in [0.4, 0.5) is 0 Å². The number of methoxy groups -OCH3 is 1. The van der Waals surface area contributed by atoms with Crippen molar-refractivity contribution in [1.29, 1.82) is 0 Å². The molecule has 142 valence electrons. The van der Waals surface area contributed by atoms with Crippen molar-refractivity contribution in [2.45, 2.75) is 19.9 Å². The first kappa shape index (κ1) is 19.4. The molecule has 7 nitrogen and oxygen atoms in total. The van der Waals surface area contributed by atoms with Crippen LogP contribution < -0.4 is 14.9 Å². The van der Waals surface area contributed by atoms with Gasteiger partial charge in [-0.1, -0.05) is 22.9 Å². The standard InChI is InChI=1S/C18H20BrN5O2S/c1-3-8-26-16-13(9-14(19)10-15(16)25-2)11-21-24-17(22-23-18(24)27)12-4-6-20-7-5-12/h4-7,9-10,21H,3,8,11H2,1-2H3,(H,23,27). The molecular weight excluding hydrogens is 430 g/mol. The average molecular weight is 450 g/mol. The Balaban J connectivity index is 1.91. The van der Waals surface area contributed by atoms with Crippen LogP contribution in [-0.4, -0.2) is 33.6 Å². The maximum atomic E-state index is 5.93. The second-order valence-electron chi connectivity index (χ2n) is 5.70. The monoisotopic (exact) mass is 449 g/mol. The summed E-state index contributed by atoms with van der Waals surface area (Å²) in [5.41, 5.74) is 5.16. The highest BCUT2D eigenvalue weighted by Gasteiger charge is 2.14. The van der Waals surface area contributed by atoms with Gasteiger partial charge < -0.3 is 14.9 Å². The second kappa shape index (κ2) is 9.01. The molecule has 3 aromatic rings. The third kappa shape index (κ3) is 4.48. The first-order chi connectivity index (χ1) is 13.1. The molecule has 0 unspecified atom stereocenters. The number of rotatable bonds is 8. The van der Waals surface area contributed by atoms with Crippen LogP contribution in [0.2, 0.25) is 0 Å². The van der Waals surface area contributed by atoms with Crippen LogP contribution in [0, 0.1) is 4.77 Å². The fourth-order valence-corrected chi connectivity index (χ4v) is 3.26. The van der Waals surface area contributed by atoms with Gasteiger partial charge in [-0.2, -0.15) is 5.10 Å². The van der Waals surface area contributed by atoms with E-state index >= 15 is 0 Å². The molecule has 9 heteroatoms. The van der Waals surface area contributed by atoms with Gasteiger partial charge in [-0.25, -0.2) is 9.77 Å². The number of halogens is 1. The molecule has 0 amide bonds. The summed E-state index contributed by atoms with van der Waals surface area (Å²) < 4.78 is 14.5. The Bertz CT molecular complexity index is 958. The number of aromatic nitrogens is 4. The molecule has 27 heavy (non-hydrogen) atoms. The fraction of sp³-hybridized carbons (Fsp3) is 0.278. The minimum atomic E-state index is 0.472. The van der Waals surface area contributed by atoms with Gasteiger partial charge in [0.2, 0.25) is 4.77 Å². The van der Waals surface area contributed by atoms with Crippen molar-refractivity contribution < 1.29 is 9.47 Å². The summed E-state index contributed by atoms with van der Waals surface area (Å²) in [6.45, 7) is 3.15. The van der Waals surface area contributed by atoms with E-state index in [4.69, 9.17) is 21.7 Å². The van der Waals surface area contributed by atoms with E-state index in [2.05, 4.69) is 43.5 Å². The lowest BCUT2D eigenvalue weighted by Crippen LogP contribution is -2.17. The van der Waals surface area contributed by atoms with Crippen molar-refractivity contribution >= 4 is 28.1 Å². The molecule has 0 atom stereocenters. The highest BCUT2D eigenvalue weighted by atomic mass is 79.9. The summed E-state index contributed by atoms with van der Waals surface area (Å²) in [7, 11) is 1.63. The molecule has 0 aliphatic heterocycles. The molecule has 0 radical (unpaired) electrons. The molecule has 2 aromatic heterocycles. The first-order valence-electron chi connectivity index (χ1n) is 8.45. The Labute approximate surface area is 170 Å². The molecule has 0 saturated heterocycles. The van der Waals surface area contributed by atoms with Crippen LogP contribution in [0.15, 0.2) is 41.1 Å². The van der Waals surface area contributed by atoms with Crippen molar-refractivity contribution in [1.82, 2.24) is 19.9 Å². The highest BCUT2D eigenvalue weighted by molar-refractivity contribution is 9.10. The summed E-state index contributed by atoms with van der Waals surface area (Å²) in [5, 5.41) is 7.13. The maximum absolute atomic E-state index is 5.93. The van der Waals surface area contributed by atoms with Gasteiger partial charge in [0.1, 0.15) is 0 Å².